The van der Waals surface area contributed by atoms with Crippen molar-refractivity contribution < 1.29 is 18.0 Å². The normalized spacial score (nSPS) is 19.2. The van der Waals surface area contributed by atoms with E-state index >= 15 is 0 Å². The maximum atomic E-state index is 12.6. The van der Waals surface area contributed by atoms with Crippen LogP contribution >= 0.6 is 0 Å². The second kappa shape index (κ2) is 5.58. The summed E-state index contributed by atoms with van der Waals surface area (Å²) in [6.45, 7) is 0.895. The highest BCUT2D eigenvalue weighted by atomic mass is 19.4. The van der Waals surface area contributed by atoms with Crippen molar-refractivity contribution in [3.05, 3.63) is 35.4 Å². The molecule has 1 saturated heterocycles. The molecule has 1 heterocycles. The van der Waals surface area contributed by atoms with E-state index < -0.39 is 11.7 Å². The van der Waals surface area contributed by atoms with Crippen molar-refractivity contribution in [2.75, 3.05) is 13.1 Å². The average molecular weight is 281 g/mol. The van der Waals surface area contributed by atoms with Gasteiger partial charge in [0.05, 0.1) is 5.56 Å². The number of halogens is 3. The molecule has 1 aliphatic rings. The Morgan fingerprint density at radius 3 is 2.75 bits per heavy atom. The van der Waals surface area contributed by atoms with E-state index in [0.29, 0.717) is 31.5 Å². The van der Waals surface area contributed by atoms with Gasteiger partial charge in [-0.25, -0.2) is 0 Å². The summed E-state index contributed by atoms with van der Waals surface area (Å²) in [5.74, 6) is 2.43. The molecule has 0 radical (unpaired) electrons. The Labute approximate surface area is 115 Å². The predicted octanol–water partition coefficient (Wildman–Crippen LogP) is 2.73. The molecule has 0 spiro atoms. The van der Waals surface area contributed by atoms with E-state index in [2.05, 4.69) is 5.92 Å². The highest BCUT2D eigenvalue weighted by Crippen LogP contribution is 2.29. The van der Waals surface area contributed by atoms with Gasteiger partial charge in [0.15, 0.2) is 0 Å². The number of nitrogens with zero attached hydrogens (tertiary/aromatic N) is 1. The van der Waals surface area contributed by atoms with Gasteiger partial charge in [-0.15, -0.1) is 12.3 Å². The van der Waals surface area contributed by atoms with Gasteiger partial charge in [-0.3, -0.25) is 4.79 Å². The molecule has 0 bridgehead atoms. The van der Waals surface area contributed by atoms with E-state index in [1.165, 1.54) is 6.07 Å². The quantitative estimate of drug-likeness (QED) is 0.780. The summed E-state index contributed by atoms with van der Waals surface area (Å²) in [5.41, 5.74) is -0.0963. The molecule has 0 saturated carbocycles. The number of terminal acetylenes is 1. The first-order valence-electron chi connectivity index (χ1n) is 6.30. The van der Waals surface area contributed by atoms with Crippen LogP contribution in [0.15, 0.2) is 24.3 Å². The van der Waals surface area contributed by atoms with Crippen LogP contribution < -0.4 is 0 Å². The van der Waals surface area contributed by atoms with Gasteiger partial charge in [-0.05, 0) is 18.1 Å². The number of hydrogen-bond donors (Lipinski definition) is 0. The molecule has 0 aromatic heterocycles. The van der Waals surface area contributed by atoms with Crippen molar-refractivity contribution in [3.63, 3.8) is 0 Å². The Bertz CT molecular complexity index is 545. The van der Waals surface area contributed by atoms with Gasteiger partial charge in [0.1, 0.15) is 0 Å². The molecular formula is C15H14F3NO. The fourth-order valence-electron chi connectivity index (χ4n) is 2.27. The summed E-state index contributed by atoms with van der Waals surface area (Å²) < 4.78 is 37.7. The van der Waals surface area contributed by atoms with Crippen molar-refractivity contribution in [2.24, 2.45) is 5.92 Å². The largest absolute Gasteiger partial charge is 0.416 e. The van der Waals surface area contributed by atoms with E-state index in [-0.39, 0.29) is 11.8 Å². The smallest absolute Gasteiger partial charge is 0.341 e. The highest BCUT2D eigenvalue weighted by Gasteiger charge is 2.31. The minimum absolute atomic E-state index is 0.0278. The summed E-state index contributed by atoms with van der Waals surface area (Å²) >= 11 is 0. The van der Waals surface area contributed by atoms with Gasteiger partial charge in [0, 0.05) is 25.4 Å². The third kappa shape index (κ3) is 3.32. The molecule has 1 unspecified atom stereocenters. The number of amides is 1. The molecule has 1 atom stereocenters. The molecule has 106 valence electrons. The van der Waals surface area contributed by atoms with Crippen LogP contribution in [0.2, 0.25) is 0 Å². The third-order valence-corrected chi connectivity index (χ3v) is 3.37. The van der Waals surface area contributed by atoms with Crippen molar-refractivity contribution >= 4 is 5.91 Å². The SMILES string of the molecule is C#CC1CC(=O)N(CCc2cccc(C(F)(F)F)c2)C1. The van der Waals surface area contributed by atoms with Crippen molar-refractivity contribution in [1.29, 1.82) is 0 Å². The summed E-state index contributed by atoms with van der Waals surface area (Å²) in [5, 5.41) is 0. The molecule has 0 N–H and O–H groups in total. The molecule has 1 aliphatic heterocycles. The second-order valence-electron chi connectivity index (χ2n) is 4.86. The first-order chi connectivity index (χ1) is 9.40. The molecule has 1 fully saturated rings. The lowest BCUT2D eigenvalue weighted by Crippen LogP contribution is -2.27. The van der Waals surface area contributed by atoms with Crippen LogP contribution in [0.4, 0.5) is 13.2 Å². The molecule has 1 amide bonds. The van der Waals surface area contributed by atoms with Gasteiger partial charge in [0.25, 0.3) is 0 Å². The number of carbonyl (C=O) groups excluding carboxylic acids is 1. The monoisotopic (exact) mass is 281 g/mol. The number of hydrogen-bond acceptors (Lipinski definition) is 1. The maximum Gasteiger partial charge on any atom is 0.416 e. The summed E-state index contributed by atoms with van der Waals surface area (Å²) in [6, 6.07) is 5.18. The van der Waals surface area contributed by atoms with Gasteiger partial charge in [-0.1, -0.05) is 18.2 Å². The highest BCUT2D eigenvalue weighted by molar-refractivity contribution is 5.79. The van der Waals surface area contributed by atoms with Crippen LogP contribution in [0.3, 0.4) is 0 Å². The van der Waals surface area contributed by atoms with Crippen molar-refractivity contribution in [2.45, 2.75) is 19.0 Å². The first kappa shape index (κ1) is 14.4. The number of carbonyl (C=O) groups is 1. The van der Waals surface area contributed by atoms with Crippen molar-refractivity contribution in [1.82, 2.24) is 4.90 Å². The second-order valence-corrected chi connectivity index (χ2v) is 4.86. The van der Waals surface area contributed by atoms with E-state index in [1.54, 1.807) is 11.0 Å². The first-order valence-corrected chi connectivity index (χ1v) is 6.30. The summed E-state index contributed by atoms with van der Waals surface area (Å²) in [4.78, 5) is 13.3. The number of rotatable bonds is 3. The van der Waals surface area contributed by atoms with Gasteiger partial charge in [-0.2, -0.15) is 13.2 Å². The van der Waals surface area contributed by atoms with Crippen LogP contribution in [0, 0.1) is 18.3 Å². The zero-order valence-corrected chi connectivity index (χ0v) is 10.8. The topological polar surface area (TPSA) is 20.3 Å². The minimum Gasteiger partial charge on any atom is -0.341 e. The van der Waals surface area contributed by atoms with E-state index in [1.807, 2.05) is 0 Å². The number of alkyl halides is 3. The Morgan fingerprint density at radius 2 is 2.15 bits per heavy atom. The van der Waals surface area contributed by atoms with Crippen LogP contribution in [0.1, 0.15) is 17.5 Å². The zero-order valence-electron chi connectivity index (χ0n) is 10.8. The average Bonchev–Trinajstić information content (AvgIpc) is 2.76. The predicted molar refractivity (Wildman–Crippen MR) is 68.7 cm³/mol. The lowest BCUT2D eigenvalue weighted by molar-refractivity contribution is -0.137. The Balaban J connectivity index is 1.98. The van der Waals surface area contributed by atoms with Crippen LogP contribution in [0.5, 0.6) is 0 Å². The van der Waals surface area contributed by atoms with Gasteiger partial charge >= 0.3 is 6.18 Å². The number of likely N-dealkylation sites (tertiary alicyclic amines) is 1. The Hall–Kier alpha value is -1.96. The van der Waals surface area contributed by atoms with Crippen LogP contribution in [-0.2, 0) is 17.4 Å². The Kier molecular flexibility index (Phi) is 4.03. The zero-order chi connectivity index (χ0) is 14.8. The lowest BCUT2D eigenvalue weighted by Gasteiger charge is -2.16. The molecule has 1 aromatic rings. The Morgan fingerprint density at radius 1 is 1.40 bits per heavy atom. The third-order valence-electron chi connectivity index (χ3n) is 3.37. The molecule has 2 nitrogen and oxygen atoms in total. The molecule has 0 aliphatic carbocycles. The van der Waals surface area contributed by atoms with E-state index in [0.717, 1.165) is 12.1 Å². The summed E-state index contributed by atoms with van der Waals surface area (Å²) in [7, 11) is 0. The minimum atomic E-state index is -4.34. The van der Waals surface area contributed by atoms with Gasteiger partial charge in [0.2, 0.25) is 5.91 Å². The standard InChI is InChI=1S/C15H14F3NO/c1-2-11-9-14(20)19(10-11)7-6-12-4-3-5-13(8-12)15(16,17)18/h1,3-5,8,11H,6-7,9-10H2. The van der Waals surface area contributed by atoms with Gasteiger partial charge < -0.3 is 4.90 Å². The lowest BCUT2D eigenvalue weighted by atomic mass is 10.1. The van der Waals surface area contributed by atoms with Crippen molar-refractivity contribution in [3.8, 4) is 12.3 Å². The fraction of sp³-hybridized carbons (Fsp3) is 0.400. The van der Waals surface area contributed by atoms with Crippen LogP contribution in [0.25, 0.3) is 0 Å². The fourth-order valence-corrected chi connectivity index (χ4v) is 2.27. The van der Waals surface area contributed by atoms with E-state index in [9.17, 15) is 18.0 Å². The molecule has 1 aromatic carbocycles. The summed E-state index contributed by atoms with van der Waals surface area (Å²) in [6.07, 6.45) is 1.67. The number of benzene rings is 1. The molecule has 20 heavy (non-hydrogen) atoms. The molecule has 5 heteroatoms. The molecule has 2 rings (SSSR count). The van der Waals surface area contributed by atoms with Crippen LogP contribution in [-0.4, -0.2) is 23.9 Å². The maximum absolute atomic E-state index is 12.6. The van der Waals surface area contributed by atoms with E-state index in [4.69, 9.17) is 6.42 Å². The molecular weight excluding hydrogens is 267 g/mol.